The van der Waals surface area contributed by atoms with E-state index in [-0.39, 0.29) is 11.8 Å². The summed E-state index contributed by atoms with van der Waals surface area (Å²) < 4.78 is 27.9. The molecule has 0 heterocycles. The molecule has 4 atom stereocenters. The molecular formula is C16H26F2. The van der Waals surface area contributed by atoms with Crippen molar-refractivity contribution in [2.45, 2.75) is 64.7 Å². The topological polar surface area (TPSA) is 0 Å². The van der Waals surface area contributed by atoms with Crippen LogP contribution in [-0.2, 0) is 0 Å². The van der Waals surface area contributed by atoms with E-state index in [1.165, 1.54) is 0 Å². The van der Waals surface area contributed by atoms with Crippen LogP contribution in [0.15, 0.2) is 12.2 Å². The molecule has 0 bridgehead atoms. The Balaban J connectivity index is 1.89. The van der Waals surface area contributed by atoms with Gasteiger partial charge < -0.3 is 0 Å². The van der Waals surface area contributed by atoms with E-state index in [0.29, 0.717) is 11.8 Å². The number of alkyl halides is 2. The van der Waals surface area contributed by atoms with Crippen molar-refractivity contribution < 1.29 is 8.78 Å². The van der Waals surface area contributed by atoms with Crippen LogP contribution in [-0.4, -0.2) is 12.3 Å². The van der Waals surface area contributed by atoms with Crippen molar-refractivity contribution in [3.63, 3.8) is 0 Å². The van der Waals surface area contributed by atoms with Crippen LogP contribution in [0.25, 0.3) is 0 Å². The normalized spacial score (nSPS) is 46.4. The van der Waals surface area contributed by atoms with Gasteiger partial charge in [0.25, 0.3) is 0 Å². The molecule has 0 nitrogen and oxygen atoms in total. The summed E-state index contributed by atoms with van der Waals surface area (Å²) in [6.07, 6.45) is 8.18. The lowest BCUT2D eigenvalue weighted by atomic mass is 9.68. The maximum atomic E-state index is 14.1. The first-order chi connectivity index (χ1) is 8.63. The predicted octanol–water partition coefficient (Wildman–Crippen LogP) is 5.09. The van der Waals surface area contributed by atoms with Gasteiger partial charge in [-0.1, -0.05) is 19.1 Å². The van der Waals surface area contributed by atoms with E-state index in [0.717, 1.165) is 38.5 Å². The Bertz CT molecular complexity index is 279. The lowest BCUT2D eigenvalue weighted by Crippen LogP contribution is -2.41. The van der Waals surface area contributed by atoms with Crippen LogP contribution in [0.2, 0.25) is 0 Å². The van der Waals surface area contributed by atoms with Gasteiger partial charge in [-0.2, -0.15) is 0 Å². The van der Waals surface area contributed by atoms with E-state index in [1.807, 2.05) is 6.92 Å². The molecule has 18 heavy (non-hydrogen) atoms. The molecule has 0 saturated heterocycles. The van der Waals surface area contributed by atoms with Gasteiger partial charge in [0.2, 0.25) is 0 Å². The second-order valence-electron chi connectivity index (χ2n) is 6.31. The third-order valence-electron chi connectivity index (χ3n) is 5.10. The molecule has 0 amide bonds. The van der Waals surface area contributed by atoms with Crippen LogP contribution in [0.3, 0.4) is 0 Å². The van der Waals surface area contributed by atoms with Crippen LogP contribution in [0.1, 0.15) is 52.4 Å². The summed E-state index contributed by atoms with van der Waals surface area (Å²) in [6.45, 7) is 3.90. The molecule has 2 rings (SSSR count). The van der Waals surface area contributed by atoms with E-state index in [2.05, 4.69) is 19.1 Å². The molecule has 104 valence electrons. The summed E-state index contributed by atoms with van der Waals surface area (Å²) in [7, 11) is 0. The first kappa shape index (κ1) is 14.0. The predicted molar refractivity (Wildman–Crippen MR) is 71.9 cm³/mol. The Morgan fingerprint density at radius 2 is 1.56 bits per heavy atom. The van der Waals surface area contributed by atoms with Gasteiger partial charge in [-0.25, -0.2) is 8.78 Å². The molecule has 2 saturated carbocycles. The van der Waals surface area contributed by atoms with Crippen LogP contribution in [0.4, 0.5) is 8.78 Å². The summed E-state index contributed by atoms with van der Waals surface area (Å²) >= 11 is 0. The molecule has 2 heteroatoms. The van der Waals surface area contributed by atoms with Crippen molar-refractivity contribution in [2.24, 2.45) is 23.7 Å². The fourth-order valence-electron chi connectivity index (χ4n) is 3.86. The molecule has 0 aliphatic heterocycles. The van der Waals surface area contributed by atoms with Crippen molar-refractivity contribution in [3.05, 3.63) is 12.2 Å². The third-order valence-corrected chi connectivity index (χ3v) is 5.10. The molecule has 0 radical (unpaired) electrons. The minimum atomic E-state index is -1.22. The summed E-state index contributed by atoms with van der Waals surface area (Å²) in [4.78, 5) is 0. The van der Waals surface area contributed by atoms with Crippen molar-refractivity contribution in [3.8, 4) is 0 Å². The van der Waals surface area contributed by atoms with Crippen molar-refractivity contribution >= 4 is 0 Å². The zero-order valence-corrected chi connectivity index (χ0v) is 11.6. The molecule has 2 fully saturated rings. The van der Waals surface area contributed by atoms with Crippen molar-refractivity contribution in [1.82, 2.24) is 0 Å². The van der Waals surface area contributed by atoms with E-state index in [4.69, 9.17) is 0 Å². The van der Waals surface area contributed by atoms with Crippen LogP contribution >= 0.6 is 0 Å². The average Bonchev–Trinajstić information content (AvgIpc) is 2.38. The van der Waals surface area contributed by atoms with Gasteiger partial charge in [0.1, 0.15) is 12.3 Å². The van der Waals surface area contributed by atoms with Gasteiger partial charge >= 0.3 is 0 Å². The highest BCUT2D eigenvalue weighted by atomic mass is 19.2. The molecule has 0 aromatic carbocycles. The lowest BCUT2D eigenvalue weighted by Gasteiger charge is -2.40. The fourth-order valence-corrected chi connectivity index (χ4v) is 3.86. The van der Waals surface area contributed by atoms with E-state index in [9.17, 15) is 8.78 Å². The van der Waals surface area contributed by atoms with E-state index >= 15 is 0 Å². The summed E-state index contributed by atoms with van der Waals surface area (Å²) in [5.74, 6) is 0.999. The Labute approximate surface area is 110 Å². The van der Waals surface area contributed by atoms with Crippen molar-refractivity contribution in [2.75, 3.05) is 0 Å². The maximum absolute atomic E-state index is 14.1. The quantitative estimate of drug-likeness (QED) is 0.604. The van der Waals surface area contributed by atoms with Gasteiger partial charge in [0.05, 0.1) is 0 Å². The monoisotopic (exact) mass is 256 g/mol. The highest BCUT2D eigenvalue weighted by Gasteiger charge is 2.42. The first-order valence-electron chi connectivity index (χ1n) is 7.54. The fraction of sp³-hybridized carbons (Fsp3) is 0.875. The molecule has 4 unspecified atom stereocenters. The van der Waals surface area contributed by atoms with Crippen LogP contribution in [0.5, 0.6) is 0 Å². The smallest absolute Gasteiger partial charge is 0.134 e. The first-order valence-corrected chi connectivity index (χ1v) is 7.54. The van der Waals surface area contributed by atoms with Gasteiger partial charge in [0.15, 0.2) is 0 Å². The maximum Gasteiger partial charge on any atom is 0.134 e. The van der Waals surface area contributed by atoms with Gasteiger partial charge in [0, 0.05) is 0 Å². The molecule has 0 aromatic heterocycles. The Morgan fingerprint density at radius 1 is 0.889 bits per heavy atom. The van der Waals surface area contributed by atoms with Crippen LogP contribution < -0.4 is 0 Å². The van der Waals surface area contributed by atoms with Gasteiger partial charge in [-0.15, -0.1) is 0 Å². The number of hydrogen-bond acceptors (Lipinski definition) is 0. The molecular weight excluding hydrogens is 230 g/mol. The standard InChI is InChI=1S/C16H26F2/c1-3-4-12-6-8-13(9-7-12)14-10-5-11(2)15(17)16(14)18/h3-4,11-16H,5-10H2,1-2H3. The number of hydrogen-bond donors (Lipinski definition) is 0. The van der Waals surface area contributed by atoms with Crippen molar-refractivity contribution in [1.29, 1.82) is 0 Å². The largest absolute Gasteiger partial charge is 0.244 e. The Morgan fingerprint density at radius 3 is 2.17 bits per heavy atom. The molecule has 2 aliphatic carbocycles. The number of rotatable bonds is 2. The molecule has 0 spiro atoms. The van der Waals surface area contributed by atoms with Gasteiger partial charge in [-0.05, 0) is 69.1 Å². The average molecular weight is 256 g/mol. The second kappa shape index (κ2) is 6.16. The zero-order valence-electron chi connectivity index (χ0n) is 11.6. The SMILES string of the molecule is CC=CC1CCC(C2CCC(C)C(F)C2F)CC1. The molecule has 0 N–H and O–H groups in total. The summed E-state index contributed by atoms with van der Waals surface area (Å²) in [5, 5.41) is 0. The second-order valence-corrected chi connectivity index (χ2v) is 6.31. The van der Waals surface area contributed by atoms with Crippen LogP contribution in [0, 0.1) is 23.7 Å². The summed E-state index contributed by atoms with van der Waals surface area (Å²) in [6, 6.07) is 0. The lowest BCUT2D eigenvalue weighted by molar-refractivity contribution is -0.00497. The summed E-state index contributed by atoms with van der Waals surface area (Å²) in [5.41, 5.74) is 0. The highest BCUT2D eigenvalue weighted by molar-refractivity contribution is 4.94. The Kier molecular flexibility index (Phi) is 4.80. The highest BCUT2D eigenvalue weighted by Crippen LogP contribution is 2.43. The van der Waals surface area contributed by atoms with E-state index in [1.54, 1.807) is 0 Å². The third kappa shape index (κ3) is 2.95. The minimum absolute atomic E-state index is 0.0113. The molecule has 2 aliphatic rings. The zero-order chi connectivity index (χ0) is 13.1. The number of halogens is 2. The minimum Gasteiger partial charge on any atom is -0.244 e. The molecule has 0 aromatic rings. The number of allylic oxidation sites excluding steroid dienone is 2. The van der Waals surface area contributed by atoms with Gasteiger partial charge in [-0.3, -0.25) is 0 Å². The van der Waals surface area contributed by atoms with E-state index < -0.39 is 12.3 Å². The Hall–Kier alpha value is -0.400.